The zero-order chi connectivity index (χ0) is 23.9. The normalized spacial score (nSPS) is 14.4. The van der Waals surface area contributed by atoms with Crippen LogP contribution >= 0.6 is 11.8 Å². The van der Waals surface area contributed by atoms with E-state index in [0.29, 0.717) is 16.8 Å². The lowest BCUT2D eigenvalue weighted by molar-refractivity contribution is -0.385. The van der Waals surface area contributed by atoms with Gasteiger partial charge in [-0.3, -0.25) is 19.5 Å². The summed E-state index contributed by atoms with van der Waals surface area (Å²) in [5.41, 5.74) is 4.88. The summed E-state index contributed by atoms with van der Waals surface area (Å²) in [6.45, 7) is 2.05. The highest BCUT2D eigenvalue weighted by Gasteiger charge is 2.24. The van der Waals surface area contributed by atoms with Gasteiger partial charge in [0.15, 0.2) is 11.0 Å². The van der Waals surface area contributed by atoms with Crippen molar-refractivity contribution in [2.24, 2.45) is 5.10 Å². The number of amides is 1. The topological polar surface area (TPSA) is 115 Å². The Morgan fingerprint density at radius 3 is 2.65 bits per heavy atom. The number of hydrogen-bond donors (Lipinski definition) is 1. The second kappa shape index (κ2) is 11.1. The van der Waals surface area contributed by atoms with Crippen molar-refractivity contribution in [2.75, 3.05) is 5.75 Å². The highest BCUT2D eigenvalue weighted by atomic mass is 32.2. The standard InChI is InChI=1S/C24H26N6O3S/c1-17-11-13-18(14-12-17)23-27-28-24(29(23)20-8-3-2-4-9-20)34-16-22(31)26-25-15-19-7-5-6-10-21(19)30(32)33/h5-7,10-15,20H,2-4,8-9,16H2,1H3,(H,26,31). The van der Waals surface area contributed by atoms with Crippen molar-refractivity contribution in [3.05, 3.63) is 69.8 Å². The number of aryl methyl sites for hydroxylation is 1. The predicted octanol–water partition coefficient (Wildman–Crippen LogP) is 4.91. The number of carbonyl (C=O) groups excluding carboxylic acids is 1. The Balaban J connectivity index is 1.45. The molecule has 0 unspecified atom stereocenters. The number of thioether (sulfide) groups is 1. The number of nitro benzene ring substituents is 1. The van der Waals surface area contributed by atoms with Crippen LogP contribution in [0.4, 0.5) is 5.69 Å². The van der Waals surface area contributed by atoms with Crippen LogP contribution in [-0.2, 0) is 4.79 Å². The fourth-order valence-electron chi connectivity index (χ4n) is 4.04. The van der Waals surface area contributed by atoms with E-state index in [1.165, 1.54) is 48.9 Å². The minimum atomic E-state index is -0.483. The molecule has 3 aromatic rings. The summed E-state index contributed by atoms with van der Waals surface area (Å²) in [5, 5.41) is 24.6. The lowest BCUT2D eigenvalue weighted by Crippen LogP contribution is -2.21. The molecule has 1 saturated carbocycles. The summed E-state index contributed by atoms with van der Waals surface area (Å²) in [4.78, 5) is 23.0. The minimum Gasteiger partial charge on any atom is -0.299 e. The van der Waals surface area contributed by atoms with E-state index in [1.807, 2.05) is 6.92 Å². The molecule has 34 heavy (non-hydrogen) atoms. The molecule has 9 nitrogen and oxygen atoms in total. The molecule has 176 valence electrons. The third-order valence-electron chi connectivity index (χ3n) is 5.77. The molecule has 4 rings (SSSR count). The number of hydrazone groups is 1. The molecule has 1 fully saturated rings. The summed E-state index contributed by atoms with van der Waals surface area (Å²) in [5.74, 6) is 0.603. The predicted molar refractivity (Wildman–Crippen MR) is 132 cm³/mol. The first-order valence-corrected chi connectivity index (χ1v) is 12.2. The number of para-hydroxylation sites is 1. The van der Waals surface area contributed by atoms with Crippen molar-refractivity contribution >= 4 is 29.6 Å². The maximum atomic E-state index is 12.4. The maximum absolute atomic E-state index is 12.4. The molecular weight excluding hydrogens is 452 g/mol. The maximum Gasteiger partial charge on any atom is 0.278 e. The average Bonchev–Trinajstić information content (AvgIpc) is 3.28. The number of hydrogen-bond acceptors (Lipinski definition) is 7. The molecule has 1 aliphatic rings. The number of rotatable bonds is 8. The Morgan fingerprint density at radius 1 is 1.18 bits per heavy atom. The van der Waals surface area contributed by atoms with Crippen molar-refractivity contribution < 1.29 is 9.72 Å². The second-order valence-corrected chi connectivity index (χ2v) is 9.17. The first-order valence-electron chi connectivity index (χ1n) is 11.2. The quantitative estimate of drug-likeness (QED) is 0.213. The Hall–Kier alpha value is -3.53. The van der Waals surface area contributed by atoms with Gasteiger partial charge in [-0.05, 0) is 25.8 Å². The van der Waals surface area contributed by atoms with Crippen LogP contribution < -0.4 is 5.43 Å². The largest absolute Gasteiger partial charge is 0.299 e. The van der Waals surface area contributed by atoms with Crippen molar-refractivity contribution in [1.82, 2.24) is 20.2 Å². The number of benzene rings is 2. The molecule has 2 aromatic carbocycles. The van der Waals surface area contributed by atoms with Gasteiger partial charge in [-0.15, -0.1) is 10.2 Å². The van der Waals surface area contributed by atoms with Gasteiger partial charge in [0.1, 0.15) is 0 Å². The second-order valence-electron chi connectivity index (χ2n) is 8.23. The van der Waals surface area contributed by atoms with E-state index in [2.05, 4.69) is 49.6 Å². The molecule has 1 heterocycles. The Kier molecular flexibility index (Phi) is 7.69. The lowest BCUT2D eigenvalue weighted by Gasteiger charge is -2.25. The SMILES string of the molecule is Cc1ccc(-c2nnc(SCC(=O)NN=Cc3ccccc3[N+](=O)[O-])n2C2CCCCC2)cc1. The number of carbonyl (C=O) groups is 1. The van der Waals surface area contributed by atoms with Crippen LogP contribution in [0.25, 0.3) is 11.4 Å². The summed E-state index contributed by atoms with van der Waals surface area (Å²) in [6.07, 6.45) is 6.98. The van der Waals surface area contributed by atoms with Gasteiger partial charge in [0.2, 0.25) is 0 Å². The van der Waals surface area contributed by atoms with Crippen molar-refractivity contribution in [3.63, 3.8) is 0 Å². The molecule has 0 spiro atoms. The zero-order valence-corrected chi connectivity index (χ0v) is 19.7. The summed E-state index contributed by atoms with van der Waals surface area (Å²) in [6, 6.07) is 14.8. The third kappa shape index (κ3) is 5.69. The van der Waals surface area contributed by atoms with Gasteiger partial charge in [-0.1, -0.05) is 73.0 Å². The molecule has 1 aliphatic carbocycles. The van der Waals surface area contributed by atoms with Crippen LogP contribution in [0.5, 0.6) is 0 Å². The van der Waals surface area contributed by atoms with E-state index in [9.17, 15) is 14.9 Å². The highest BCUT2D eigenvalue weighted by Crippen LogP contribution is 2.35. The van der Waals surface area contributed by atoms with Crippen LogP contribution in [0.1, 0.15) is 49.3 Å². The van der Waals surface area contributed by atoms with E-state index >= 15 is 0 Å². The molecule has 0 atom stereocenters. The van der Waals surface area contributed by atoms with E-state index < -0.39 is 4.92 Å². The Bertz CT molecular complexity index is 1190. The average molecular weight is 479 g/mol. The fourth-order valence-corrected chi connectivity index (χ4v) is 4.84. The van der Waals surface area contributed by atoms with Gasteiger partial charge in [0, 0.05) is 17.7 Å². The van der Waals surface area contributed by atoms with E-state index in [0.717, 1.165) is 24.2 Å². The van der Waals surface area contributed by atoms with Crippen LogP contribution in [-0.4, -0.2) is 37.6 Å². The van der Waals surface area contributed by atoms with E-state index in [-0.39, 0.29) is 17.3 Å². The van der Waals surface area contributed by atoms with Gasteiger partial charge in [0.25, 0.3) is 11.6 Å². The monoisotopic (exact) mass is 478 g/mol. The first-order chi connectivity index (χ1) is 16.5. The summed E-state index contributed by atoms with van der Waals surface area (Å²) < 4.78 is 2.18. The van der Waals surface area contributed by atoms with Gasteiger partial charge in [-0.25, -0.2) is 5.43 Å². The molecule has 1 aromatic heterocycles. The molecule has 0 saturated heterocycles. The summed E-state index contributed by atoms with van der Waals surface area (Å²) in [7, 11) is 0. The van der Waals surface area contributed by atoms with Crippen LogP contribution in [0.3, 0.4) is 0 Å². The molecule has 0 bridgehead atoms. The molecule has 1 amide bonds. The number of nitrogens with zero attached hydrogens (tertiary/aromatic N) is 5. The molecule has 1 N–H and O–H groups in total. The van der Waals surface area contributed by atoms with Gasteiger partial charge < -0.3 is 0 Å². The first kappa shape index (κ1) is 23.6. The van der Waals surface area contributed by atoms with Crippen molar-refractivity contribution in [2.45, 2.75) is 50.2 Å². The van der Waals surface area contributed by atoms with Crippen LogP contribution in [0.2, 0.25) is 0 Å². The fraction of sp³-hybridized carbons (Fsp3) is 0.333. The molecular formula is C24H26N6O3S. The minimum absolute atomic E-state index is 0.0703. The van der Waals surface area contributed by atoms with Gasteiger partial charge in [0.05, 0.1) is 22.5 Å². The molecule has 0 aliphatic heterocycles. The number of nitro groups is 1. The Labute approximate surface area is 201 Å². The highest BCUT2D eigenvalue weighted by molar-refractivity contribution is 7.99. The van der Waals surface area contributed by atoms with Crippen LogP contribution in [0, 0.1) is 17.0 Å². The number of aromatic nitrogens is 3. The summed E-state index contributed by atoms with van der Waals surface area (Å²) >= 11 is 1.32. The van der Waals surface area contributed by atoms with Crippen molar-refractivity contribution in [3.8, 4) is 11.4 Å². The third-order valence-corrected chi connectivity index (χ3v) is 6.72. The lowest BCUT2D eigenvalue weighted by atomic mass is 9.95. The molecule has 0 radical (unpaired) electrons. The van der Waals surface area contributed by atoms with E-state index in [1.54, 1.807) is 18.2 Å². The zero-order valence-electron chi connectivity index (χ0n) is 18.9. The van der Waals surface area contributed by atoms with Crippen molar-refractivity contribution in [1.29, 1.82) is 0 Å². The van der Waals surface area contributed by atoms with Gasteiger partial charge in [-0.2, -0.15) is 5.10 Å². The molecule has 10 heteroatoms. The smallest absolute Gasteiger partial charge is 0.278 e. The number of nitrogens with one attached hydrogen (secondary N) is 1. The van der Waals surface area contributed by atoms with Gasteiger partial charge >= 0.3 is 0 Å². The van der Waals surface area contributed by atoms with E-state index in [4.69, 9.17) is 0 Å². The van der Waals surface area contributed by atoms with Crippen LogP contribution in [0.15, 0.2) is 58.8 Å². The Morgan fingerprint density at radius 2 is 1.91 bits per heavy atom.